The van der Waals surface area contributed by atoms with Crippen molar-refractivity contribution in [1.29, 1.82) is 0 Å². The minimum Gasteiger partial charge on any atom is -0.444 e. The van der Waals surface area contributed by atoms with Crippen molar-refractivity contribution >= 4 is 12.1 Å². The zero-order chi connectivity index (χ0) is 15.5. The molecule has 0 aromatic rings. The summed E-state index contributed by atoms with van der Waals surface area (Å²) in [4.78, 5) is 20.6. The van der Waals surface area contributed by atoms with Gasteiger partial charge in [-0.3, -0.25) is 4.99 Å². The number of rotatable bonds is 3. The van der Waals surface area contributed by atoms with Crippen molar-refractivity contribution in [3.63, 3.8) is 0 Å². The SMILES string of the molecule is CC(C)(C)OC(=O)N1CCN2C(NCCCO)=NCC2C1. The molecule has 2 rings (SSSR count). The lowest BCUT2D eigenvalue weighted by Gasteiger charge is -2.39. The number of aliphatic hydroxyl groups is 1. The van der Waals surface area contributed by atoms with E-state index in [-0.39, 0.29) is 18.7 Å². The van der Waals surface area contributed by atoms with E-state index in [1.807, 2.05) is 20.8 Å². The molecule has 1 saturated heterocycles. The van der Waals surface area contributed by atoms with E-state index in [0.29, 0.717) is 32.6 Å². The Kier molecular flexibility index (Phi) is 4.92. The summed E-state index contributed by atoms with van der Waals surface area (Å²) in [6, 6.07) is 0.225. The maximum Gasteiger partial charge on any atom is 0.410 e. The standard InChI is InChI=1S/C14H26N4O3/c1-14(2,3)21-13(20)17-6-7-18-11(10-17)9-16-12(18)15-5-4-8-19/h11,19H,4-10H2,1-3H3,(H,15,16). The van der Waals surface area contributed by atoms with Crippen molar-refractivity contribution in [3.05, 3.63) is 0 Å². The number of carbonyl (C=O) groups is 1. The van der Waals surface area contributed by atoms with E-state index in [9.17, 15) is 4.79 Å². The van der Waals surface area contributed by atoms with Crippen LogP contribution >= 0.6 is 0 Å². The van der Waals surface area contributed by atoms with Gasteiger partial charge in [0.1, 0.15) is 5.60 Å². The smallest absolute Gasteiger partial charge is 0.410 e. The third-order valence-electron chi connectivity index (χ3n) is 3.48. The van der Waals surface area contributed by atoms with E-state index in [4.69, 9.17) is 9.84 Å². The summed E-state index contributed by atoms with van der Waals surface area (Å²) in [5, 5.41) is 12.1. The third kappa shape index (κ3) is 4.23. The van der Waals surface area contributed by atoms with Crippen LogP contribution in [-0.2, 0) is 4.74 Å². The second-order valence-corrected chi connectivity index (χ2v) is 6.44. The maximum absolute atomic E-state index is 12.1. The van der Waals surface area contributed by atoms with Crippen LogP contribution in [-0.4, -0.2) is 77.9 Å². The molecule has 0 saturated carbocycles. The second kappa shape index (κ2) is 6.51. The van der Waals surface area contributed by atoms with Gasteiger partial charge in [-0.25, -0.2) is 4.79 Å². The highest BCUT2D eigenvalue weighted by Gasteiger charge is 2.36. The summed E-state index contributed by atoms with van der Waals surface area (Å²) in [7, 11) is 0. The van der Waals surface area contributed by atoms with Crippen LogP contribution < -0.4 is 5.32 Å². The summed E-state index contributed by atoms with van der Waals surface area (Å²) in [5.41, 5.74) is -0.461. The van der Waals surface area contributed by atoms with Crippen LogP contribution in [0.3, 0.4) is 0 Å². The summed E-state index contributed by atoms with van der Waals surface area (Å²) in [6.45, 7) is 9.27. The van der Waals surface area contributed by atoms with Crippen LogP contribution in [0, 0.1) is 0 Å². The zero-order valence-corrected chi connectivity index (χ0v) is 13.1. The van der Waals surface area contributed by atoms with Gasteiger partial charge in [0.15, 0.2) is 5.96 Å². The van der Waals surface area contributed by atoms with Gasteiger partial charge in [0.2, 0.25) is 0 Å². The molecule has 0 bridgehead atoms. The number of guanidine groups is 1. The Balaban J connectivity index is 1.83. The van der Waals surface area contributed by atoms with Gasteiger partial charge in [-0.1, -0.05) is 0 Å². The number of nitrogens with zero attached hydrogens (tertiary/aromatic N) is 3. The van der Waals surface area contributed by atoms with Crippen LogP contribution in [0.2, 0.25) is 0 Å². The first-order valence-corrected chi connectivity index (χ1v) is 7.54. The molecule has 7 heteroatoms. The Hall–Kier alpha value is -1.50. The van der Waals surface area contributed by atoms with E-state index in [1.54, 1.807) is 4.90 Å². The largest absolute Gasteiger partial charge is 0.444 e. The predicted molar refractivity (Wildman–Crippen MR) is 80.3 cm³/mol. The van der Waals surface area contributed by atoms with Crippen molar-refractivity contribution in [2.24, 2.45) is 4.99 Å². The van der Waals surface area contributed by atoms with E-state index < -0.39 is 5.60 Å². The molecule has 1 atom stereocenters. The topological polar surface area (TPSA) is 77.4 Å². The highest BCUT2D eigenvalue weighted by molar-refractivity contribution is 5.82. The first-order chi connectivity index (χ1) is 9.90. The van der Waals surface area contributed by atoms with Gasteiger partial charge < -0.3 is 25.0 Å². The fourth-order valence-corrected chi connectivity index (χ4v) is 2.50. The molecule has 7 nitrogen and oxygen atoms in total. The van der Waals surface area contributed by atoms with Crippen LogP contribution in [0.5, 0.6) is 0 Å². The number of piperazine rings is 1. The molecule has 2 N–H and O–H groups in total. The van der Waals surface area contributed by atoms with Gasteiger partial charge in [0.25, 0.3) is 0 Å². The minimum absolute atomic E-state index is 0.177. The average molecular weight is 298 g/mol. The number of fused-ring (bicyclic) bond motifs is 1. The first kappa shape index (κ1) is 15.9. The first-order valence-electron chi connectivity index (χ1n) is 7.54. The van der Waals surface area contributed by atoms with E-state index in [0.717, 1.165) is 12.5 Å². The molecule has 120 valence electrons. The molecule has 0 radical (unpaired) electrons. The van der Waals surface area contributed by atoms with Gasteiger partial charge in [0.05, 0.1) is 12.6 Å². The number of nitrogens with one attached hydrogen (secondary N) is 1. The van der Waals surface area contributed by atoms with E-state index in [2.05, 4.69) is 15.2 Å². The molecule has 1 fully saturated rings. The second-order valence-electron chi connectivity index (χ2n) is 6.44. The van der Waals surface area contributed by atoms with Gasteiger partial charge in [0, 0.05) is 32.8 Å². The van der Waals surface area contributed by atoms with Crippen LogP contribution in [0.4, 0.5) is 4.79 Å². The third-order valence-corrected chi connectivity index (χ3v) is 3.48. The molecule has 0 spiro atoms. The Morgan fingerprint density at radius 1 is 1.48 bits per heavy atom. The van der Waals surface area contributed by atoms with Crippen LogP contribution in [0.1, 0.15) is 27.2 Å². The quantitative estimate of drug-likeness (QED) is 0.730. The monoisotopic (exact) mass is 298 g/mol. The molecule has 2 aliphatic rings. The van der Waals surface area contributed by atoms with E-state index >= 15 is 0 Å². The molecule has 1 amide bonds. The van der Waals surface area contributed by atoms with Crippen molar-refractivity contribution in [3.8, 4) is 0 Å². The Morgan fingerprint density at radius 2 is 2.24 bits per heavy atom. The number of ether oxygens (including phenoxy) is 1. The van der Waals surface area contributed by atoms with Gasteiger partial charge in [-0.2, -0.15) is 0 Å². The molecule has 2 aliphatic heterocycles. The van der Waals surface area contributed by atoms with Gasteiger partial charge in [-0.15, -0.1) is 0 Å². The predicted octanol–water partition coefficient (Wildman–Crippen LogP) is 0.249. The number of hydrogen-bond acceptors (Lipinski definition) is 6. The molecule has 2 heterocycles. The molecule has 1 unspecified atom stereocenters. The van der Waals surface area contributed by atoms with Crippen molar-refractivity contribution in [1.82, 2.24) is 15.1 Å². The van der Waals surface area contributed by atoms with Crippen LogP contribution in [0.25, 0.3) is 0 Å². The van der Waals surface area contributed by atoms with Gasteiger partial charge in [-0.05, 0) is 27.2 Å². The Morgan fingerprint density at radius 3 is 2.90 bits per heavy atom. The van der Waals surface area contributed by atoms with Gasteiger partial charge >= 0.3 is 6.09 Å². The molecular weight excluding hydrogens is 272 g/mol. The fraction of sp³-hybridized carbons (Fsp3) is 0.857. The maximum atomic E-state index is 12.1. The molecular formula is C14H26N4O3. The Bertz CT molecular complexity index is 406. The number of aliphatic hydroxyl groups excluding tert-OH is 1. The lowest BCUT2D eigenvalue weighted by molar-refractivity contribution is 0.0137. The Labute approximate surface area is 126 Å². The highest BCUT2D eigenvalue weighted by atomic mass is 16.6. The number of amides is 1. The lowest BCUT2D eigenvalue weighted by Crippen LogP contribution is -2.57. The number of aliphatic imine (C=N–C) groups is 1. The summed E-state index contributed by atoms with van der Waals surface area (Å²) in [5.74, 6) is 0.886. The molecule has 0 aromatic carbocycles. The molecule has 21 heavy (non-hydrogen) atoms. The number of hydrogen-bond donors (Lipinski definition) is 2. The lowest BCUT2D eigenvalue weighted by atomic mass is 10.2. The molecule has 0 aliphatic carbocycles. The zero-order valence-electron chi connectivity index (χ0n) is 13.1. The fourth-order valence-electron chi connectivity index (χ4n) is 2.50. The van der Waals surface area contributed by atoms with Crippen molar-refractivity contribution < 1.29 is 14.6 Å². The summed E-state index contributed by atoms with van der Waals surface area (Å²) < 4.78 is 5.42. The molecule has 0 aromatic heterocycles. The summed E-state index contributed by atoms with van der Waals surface area (Å²) in [6.07, 6.45) is 0.463. The number of carbonyl (C=O) groups excluding carboxylic acids is 1. The highest BCUT2D eigenvalue weighted by Crippen LogP contribution is 2.18. The van der Waals surface area contributed by atoms with E-state index in [1.165, 1.54) is 0 Å². The average Bonchev–Trinajstić information content (AvgIpc) is 2.80. The van der Waals surface area contributed by atoms with Crippen molar-refractivity contribution in [2.75, 3.05) is 39.3 Å². The minimum atomic E-state index is -0.461. The van der Waals surface area contributed by atoms with Crippen molar-refractivity contribution in [2.45, 2.75) is 38.8 Å². The summed E-state index contributed by atoms with van der Waals surface area (Å²) >= 11 is 0. The normalized spacial score (nSPS) is 21.9. The van der Waals surface area contributed by atoms with Crippen LogP contribution in [0.15, 0.2) is 4.99 Å².